The molecule has 5 heteroatoms. The van der Waals surface area contributed by atoms with Crippen molar-refractivity contribution in [3.63, 3.8) is 0 Å². The molecule has 2 aliphatic rings. The third-order valence-electron chi connectivity index (χ3n) is 5.38. The van der Waals surface area contributed by atoms with Gasteiger partial charge in [0.15, 0.2) is 0 Å². The second-order valence-electron chi connectivity index (χ2n) is 7.20. The van der Waals surface area contributed by atoms with Gasteiger partial charge in [0, 0.05) is 43.3 Å². The van der Waals surface area contributed by atoms with Gasteiger partial charge in [0.1, 0.15) is 0 Å². The average Bonchev–Trinajstić information content (AvgIpc) is 2.62. The van der Waals surface area contributed by atoms with Gasteiger partial charge in [-0.1, -0.05) is 6.92 Å². The Labute approximate surface area is 143 Å². The molecule has 5 nitrogen and oxygen atoms in total. The lowest BCUT2D eigenvalue weighted by Gasteiger charge is -2.36. The van der Waals surface area contributed by atoms with E-state index in [0.29, 0.717) is 30.2 Å². The largest absolute Gasteiger partial charge is 0.399 e. The first kappa shape index (κ1) is 16.8. The zero-order valence-electron chi connectivity index (χ0n) is 14.4. The van der Waals surface area contributed by atoms with Crippen molar-refractivity contribution >= 4 is 17.5 Å². The Morgan fingerprint density at radius 2 is 1.46 bits per heavy atom. The summed E-state index contributed by atoms with van der Waals surface area (Å²) in [7, 11) is 0. The van der Waals surface area contributed by atoms with Crippen LogP contribution in [0.5, 0.6) is 0 Å². The molecule has 2 saturated heterocycles. The fourth-order valence-electron chi connectivity index (χ4n) is 3.62. The highest BCUT2D eigenvalue weighted by molar-refractivity contribution is 5.94. The molecule has 3 rings (SSSR count). The van der Waals surface area contributed by atoms with Crippen LogP contribution in [0.4, 0.5) is 5.69 Å². The highest BCUT2D eigenvalue weighted by Gasteiger charge is 2.31. The predicted octanol–water partition coefficient (Wildman–Crippen LogP) is 2.38. The SMILES string of the molecule is CC1CCN(C(=O)C2CCN(C(=O)c3ccc(N)cc3)CC2)CC1. The molecule has 0 aliphatic carbocycles. The number of nitrogens with two attached hydrogens (primary N) is 1. The Balaban J connectivity index is 1.52. The molecule has 0 aromatic heterocycles. The number of carbonyl (C=O) groups excluding carboxylic acids is 2. The van der Waals surface area contributed by atoms with Gasteiger partial charge < -0.3 is 15.5 Å². The summed E-state index contributed by atoms with van der Waals surface area (Å²) in [6.45, 7) is 5.35. The molecule has 1 aromatic carbocycles. The quantitative estimate of drug-likeness (QED) is 0.847. The predicted molar refractivity (Wildman–Crippen MR) is 94.5 cm³/mol. The van der Waals surface area contributed by atoms with Gasteiger partial charge in [0.2, 0.25) is 5.91 Å². The molecule has 1 aromatic rings. The van der Waals surface area contributed by atoms with Crippen LogP contribution >= 0.6 is 0 Å². The van der Waals surface area contributed by atoms with E-state index >= 15 is 0 Å². The summed E-state index contributed by atoms with van der Waals surface area (Å²) in [4.78, 5) is 29.1. The standard InChI is InChI=1S/C19H27N3O2/c1-14-6-10-21(11-7-14)19(24)16-8-12-22(13-9-16)18(23)15-2-4-17(20)5-3-15/h2-5,14,16H,6-13,20H2,1H3. The van der Waals surface area contributed by atoms with Gasteiger partial charge >= 0.3 is 0 Å². The molecule has 2 amide bonds. The van der Waals surface area contributed by atoms with E-state index in [-0.39, 0.29) is 11.8 Å². The van der Waals surface area contributed by atoms with E-state index in [1.165, 1.54) is 0 Å². The molecule has 0 spiro atoms. The molecule has 2 aliphatic heterocycles. The van der Waals surface area contributed by atoms with E-state index in [9.17, 15) is 9.59 Å². The van der Waals surface area contributed by atoms with Crippen molar-refractivity contribution in [3.05, 3.63) is 29.8 Å². The van der Waals surface area contributed by atoms with Crippen molar-refractivity contribution in [2.75, 3.05) is 31.9 Å². The summed E-state index contributed by atoms with van der Waals surface area (Å²) >= 11 is 0. The van der Waals surface area contributed by atoms with Crippen LogP contribution in [0.15, 0.2) is 24.3 Å². The minimum Gasteiger partial charge on any atom is -0.399 e. The molecule has 0 unspecified atom stereocenters. The third-order valence-corrected chi connectivity index (χ3v) is 5.38. The Bertz CT molecular complexity index is 583. The lowest BCUT2D eigenvalue weighted by atomic mass is 9.92. The first-order chi connectivity index (χ1) is 11.5. The van der Waals surface area contributed by atoms with E-state index in [2.05, 4.69) is 6.92 Å². The minimum atomic E-state index is 0.0349. The fourth-order valence-corrected chi connectivity index (χ4v) is 3.62. The van der Waals surface area contributed by atoms with Crippen molar-refractivity contribution in [2.45, 2.75) is 32.6 Å². The number of rotatable bonds is 2. The fraction of sp³-hybridized carbons (Fsp3) is 0.579. The van der Waals surface area contributed by atoms with Crippen molar-refractivity contribution in [1.82, 2.24) is 9.80 Å². The summed E-state index contributed by atoms with van der Waals surface area (Å²) in [6, 6.07) is 7.04. The van der Waals surface area contributed by atoms with E-state index in [1.807, 2.05) is 9.80 Å². The van der Waals surface area contributed by atoms with Crippen LogP contribution in [0.3, 0.4) is 0 Å². The monoisotopic (exact) mass is 329 g/mol. The van der Waals surface area contributed by atoms with Crippen LogP contribution in [0.2, 0.25) is 0 Å². The summed E-state index contributed by atoms with van der Waals surface area (Å²) in [5.74, 6) is 1.14. The number of piperidine rings is 2. The van der Waals surface area contributed by atoms with Gasteiger partial charge in [-0.05, 0) is 55.9 Å². The van der Waals surface area contributed by atoms with Crippen LogP contribution in [0, 0.1) is 11.8 Å². The Kier molecular flexibility index (Phi) is 5.07. The number of hydrogen-bond donors (Lipinski definition) is 1. The Morgan fingerprint density at radius 3 is 2.04 bits per heavy atom. The van der Waals surface area contributed by atoms with Crippen LogP contribution in [-0.2, 0) is 4.79 Å². The summed E-state index contributed by atoms with van der Waals surface area (Å²) in [5.41, 5.74) is 6.99. The Hall–Kier alpha value is -2.04. The second-order valence-corrected chi connectivity index (χ2v) is 7.20. The Morgan fingerprint density at radius 1 is 0.917 bits per heavy atom. The molecule has 2 fully saturated rings. The summed E-state index contributed by atoms with van der Waals surface area (Å²) in [6.07, 6.45) is 3.76. The lowest BCUT2D eigenvalue weighted by Crippen LogP contribution is -2.46. The van der Waals surface area contributed by atoms with Crippen molar-refractivity contribution in [1.29, 1.82) is 0 Å². The molecular formula is C19H27N3O2. The lowest BCUT2D eigenvalue weighted by molar-refractivity contribution is -0.138. The van der Waals surface area contributed by atoms with E-state index < -0.39 is 0 Å². The number of carbonyl (C=O) groups is 2. The van der Waals surface area contributed by atoms with Gasteiger partial charge in [-0.25, -0.2) is 0 Å². The maximum absolute atomic E-state index is 12.7. The number of likely N-dealkylation sites (tertiary alicyclic amines) is 2. The average molecular weight is 329 g/mol. The van der Waals surface area contributed by atoms with E-state index in [0.717, 1.165) is 44.7 Å². The highest BCUT2D eigenvalue weighted by atomic mass is 16.2. The van der Waals surface area contributed by atoms with Gasteiger partial charge in [-0.3, -0.25) is 9.59 Å². The summed E-state index contributed by atoms with van der Waals surface area (Å²) in [5, 5.41) is 0. The van der Waals surface area contributed by atoms with Crippen LogP contribution in [-0.4, -0.2) is 47.8 Å². The minimum absolute atomic E-state index is 0.0349. The van der Waals surface area contributed by atoms with Crippen molar-refractivity contribution in [2.24, 2.45) is 11.8 Å². The molecule has 0 radical (unpaired) electrons. The number of amides is 2. The molecule has 0 atom stereocenters. The molecule has 130 valence electrons. The molecule has 24 heavy (non-hydrogen) atoms. The molecule has 2 N–H and O–H groups in total. The number of benzene rings is 1. The zero-order valence-corrected chi connectivity index (χ0v) is 14.4. The molecule has 2 heterocycles. The molecule has 0 bridgehead atoms. The van der Waals surface area contributed by atoms with Crippen LogP contribution in [0.25, 0.3) is 0 Å². The van der Waals surface area contributed by atoms with Crippen LogP contribution < -0.4 is 5.73 Å². The number of hydrogen-bond acceptors (Lipinski definition) is 3. The van der Waals surface area contributed by atoms with Crippen LogP contribution in [0.1, 0.15) is 43.0 Å². The maximum atomic E-state index is 12.7. The number of nitrogen functional groups attached to an aromatic ring is 1. The van der Waals surface area contributed by atoms with Gasteiger partial charge in [0.25, 0.3) is 5.91 Å². The molecular weight excluding hydrogens is 302 g/mol. The zero-order chi connectivity index (χ0) is 17.1. The van der Waals surface area contributed by atoms with Gasteiger partial charge in [-0.2, -0.15) is 0 Å². The maximum Gasteiger partial charge on any atom is 0.253 e. The van der Waals surface area contributed by atoms with Crippen molar-refractivity contribution < 1.29 is 9.59 Å². The summed E-state index contributed by atoms with van der Waals surface area (Å²) < 4.78 is 0. The first-order valence-electron chi connectivity index (χ1n) is 8.98. The van der Waals surface area contributed by atoms with E-state index in [4.69, 9.17) is 5.73 Å². The number of anilines is 1. The number of nitrogens with zero attached hydrogens (tertiary/aromatic N) is 2. The van der Waals surface area contributed by atoms with Gasteiger partial charge in [-0.15, -0.1) is 0 Å². The molecule has 0 saturated carbocycles. The third kappa shape index (κ3) is 3.71. The highest BCUT2D eigenvalue weighted by Crippen LogP contribution is 2.24. The smallest absolute Gasteiger partial charge is 0.253 e. The van der Waals surface area contributed by atoms with Crippen molar-refractivity contribution in [3.8, 4) is 0 Å². The first-order valence-corrected chi connectivity index (χ1v) is 8.98. The topological polar surface area (TPSA) is 66.6 Å². The van der Waals surface area contributed by atoms with E-state index in [1.54, 1.807) is 24.3 Å². The second kappa shape index (κ2) is 7.24. The normalized spacial score (nSPS) is 20.2. The van der Waals surface area contributed by atoms with Gasteiger partial charge in [0.05, 0.1) is 0 Å².